The molecule has 1 spiro atoms. The molecule has 0 radical (unpaired) electrons. The van der Waals surface area contributed by atoms with Crippen molar-refractivity contribution in [3.05, 3.63) is 64.7 Å². The first kappa shape index (κ1) is 19.8. The Hall–Kier alpha value is -2.47. The Labute approximate surface area is 174 Å². The van der Waals surface area contributed by atoms with E-state index in [4.69, 9.17) is 11.6 Å². The minimum absolute atomic E-state index is 0.0124. The molecule has 1 aliphatic heterocycles. The second-order valence-electron chi connectivity index (χ2n) is 7.90. The highest BCUT2D eigenvalue weighted by Gasteiger charge is 2.58. The zero-order chi connectivity index (χ0) is 20.4. The van der Waals surface area contributed by atoms with Crippen LogP contribution in [0.5, 0.6) is 0 Å². The summed E-state index contributed by atoms with van der Waals surface area (Å²) in [5.74, 6) is -0.513. The van der Waals surface area contributed by atoms with E-state index < -0.39 is 5.82 Å². The molecule has 1 saturated carbocycles. The van der Waals surface area contributed by atoms with E-state index in [1.54, 1.807) is 11.1 Å². The van der Waals surface area contributed by atoms with Gasteiger partial charge in [-0.25, -0.2) is 4.39 Å². The molecule has 1 N–H and O–H groups in total. The number of carbonyl (C=O) groups is 2. The summed E-state index contributed by atoms with van der Waals surface area (Å²) in [5.41, 5.74) is 1.30. The van der Waals surface area contributed by atoms with Gasteiger partial charge in [0.25, 0.3) is 5.91 Å². The zero-order valence-corrected chi connectivity index (χ0v) is 16.8. The number of benzene rings is 1. The Bertz CT molecular complexity index is 914. The summed E-state index contributed by atoms with van der Waals surface area (Å²) in [7, 11) is 0. The van der Waals surface area contributed by atoms with Gasteiger partial charge in [-0.3, -0.25) is 14.6 Å². The molecule has 2 aromatic rings. The van der Waals surface area contributed by atoms with Crippen LogP contribution in [0.2, 0.25) is 5.02 Å². The van der Waals surface area contributed by atoms with Gasteiger partial charge in [0.15, 0.2) is 0 Å². The first-order chi connectivity index (χ1) is 14.0. The molecule has 1 aliphatic carbocycles. The van der Waals surface area contributed by atoms with Crippen molar-refractivity contribution in [1.82, 2.24) is 15.2 Å². The summed E-state index contributed by atoms with van der Waals surface area (Å²) < 4.78 is 13.2. The van der Waals surface area contributed by atoms with Gasteiger partial charge in [0, 0.05) is 43.9 Å². The van der Waals surface area contributed by atoms with Gasteiger partial charge < -0.3 is 10.2 Å². The minimum atomic E-state index is -0.459. The molecule has 0 unspecified atom stereocenters. The second kappa shape index (κ2) is 8.11. The topological polar surface area (TPSA) is 62.3 Å². The Morgan fingerprint density at radius 1 is 1.24 bits per heavy atom. The molecule has 1 saturated heterocycles. The fraction of sp³-hybridized carbons (Fsp3) is 0.409. The predicted molar refractivity (Wildman–Crippen MR) is 108 cm³/mol. The molecule has 1 aromatic carbocycles. The van der Waals surface area contributed by atoms with Crippen LogP contribution < -0.4 is 5.32 Å². The lowest BCUT2D eigenvalue weighted by Gasteiger charge is -2.33. The molecule has 1 aromatic heterocycles. The van der Waals surface area contributed by atoms with Crippen molar-refractivity contribution in [1.29, 1.82) is 0 Å². The zero-order valence-electron chi connectivity index (χ0n) is 16.0. The molecule has 0 bridgehead atoms. The quantitative estimate of drug-likeness (QED) is 0.813. The third-order valence-electron chi connectivity index (χ3n) is 6.12. The molecule has 5 nitrogen and oxygen atoms in total. The lowest BCUT2D eigenvalue weighted by molar-refractivity contribution is -0.123. The molecule has 7 heteroatoms. The second-order valence-corrected chi connectivity index (χ2v) is 8.30. The number of hydrogen-bond acceptors (Lipinski definition) is 3. The Morgan fingerprint density at radius 3 is 2.72 bits per heavy atom. The number of aromatic nitrogens is 1. The third kappa shape index (κ3) is 4.27. The number of amides is 2. The van der Waals surface area contributed by atoms with Crippen LogP contribution in [-0.4, -0.2) is 41.3 Å². The van der Waals surface area contributed by atoms with Crippen LogP contribution in [0.25, 0.3) is 0 Å². The molecular formula is C22H23ClFN3O2. The van der Waals surface area contributed by atoms with Crippen molar-refractivity contribution in [3.63, 3.8) is 0 Å². The average molecular weight is 416 g/mol. The maximum absolute atomic E-state index is 13.2. The van der Waals surface area contributed by atoms with Crippen LogP contribution in [0.4, 0.5) is 4.39 Å². The molecule has 2 fully saturated rings. The first-order valence-electron chi connectivity index (χ1n) is 9.90. The summed E-state index contributed by atoms with van der Waals surface area (Å²) in [5, 5.41) is 3.16. The van der Waals surface area contributed by atoms with Gasteiger partial charge in [-0.05, 0) is 55.0 Å². The highest BCUT2D eigenvalue weighted by Crippen LogP contribution is 2.59. The van der Waals surface area contributed by atoms with Gasteiger partial charge in [-0.1, -0.05) is 17.7 Å². The van der Waals surface area contributed by atoms with Crippen LogP contribution >= 0.6 is 11.6 Å². The number of likely N-dealkylation sites (tertiary alicyclic amines) is 1. The molecule has 2 heterocycles. The fourth-order valence-electron chi connectivity index (χ4n) is 4.24. The minimum Gasteiger partial charge on any atom is -0.355 e. The van der Waals surface area contributed by atoms with Crippen molar-refractivity contribution in [2.24, 2.45) is 11.3 Å². The molecule has 1 atom stereocenters. The number of piperidine rings is 1. The Morgan fingerprint density at radius 2 is 2.03 bits per heavy atom. The maximum atomic E-state index is 13.2. The van der Waals surface area contributed by atoms with E-state index in [2.05, 4.69) is 10.3 Å². The number of hydrogen-bond donors (Lipinski definition) is 1. The van der Waals surface area contributed by atoms with Gasteiger partial charge in [0.1, 0.15) is 5.82 Å². The lowest BCUT2D eigenvalue weighted by Crippen LogP contribution is -2.40. The van der Waals surface area contributed by atoms with Crippen LogP contribution in [0.3, 0.4) is 0 Å². The Balaban J connectivity index is 1.26. The van der Waals surface area contributed by atoms with Crippen LogP contribution in [0.1, 0.15) is 35.3 Å². The van der Waals surface area contributed by atoms with Crippen LogP contribution in [0.15, 0.2) is 42.6 Å². The van der Waals surface area contributed by atoms with Crippen LogP contribution in [-0.2, 0) is 11.2 Å². The molecule has 29 heavy (non-hydrogen) atoms. The van der Waals surface area contributed by atoms with E-state index in [1.165, 1.54) is 12.1 Å². The number of carbonyl (C=O) groups excluding carboxylic acids is 2. The average Bonchev–Trinajstić information content (AvgIpc) is 3.42. The molecule has 152 valence electrons. The summed E-state index contributed by atoms with van der Waals surface area (Å²) >= 11 is 6.02. The molecular weight excluding hydrogens is 393 g/mol. The van der Waals surface area contributed by atoms with Crippen molar-refractivity contribution in [3.8, 4) is 0 Å². The van der Waals surface area contributed by atoms with E-state index in [9.17, 15) is 14.0 Å². The maximum Gasteiger partial charge on any atom is 0.255 e. The molecule has 2 aliphatic rings. The standard InChI is InChI=1S/C22H23ClFN3O2/c23-19-13-15(24)4-5-17(19)21(29)27-11-7-22(8-12-27)14-18(22)20(28)26-10-6-16-3-1-2-9-25-16/h1-5,9,13,18H,6-8,10-12,14H2,(H,26,28)/t18-/m1/s1. The lowest BCUT2D eigenvalue weighted by atomic mass is 9.90. The normalized spacial score (nSPS) is 19.8. The number of rotatable bonds is 5. The van der Waals surface area contributed by atoms with Crippen molar-refractivity contribution < 1.29 is 14.0 Å². The van der Waals surface area contributed by atoms with E-state index >= 15 is 0 Å². The van der Waals surface area contributed by atoms with E-state index in [0.29, 0.717) is 31.6 Å². The van der Waals surface area contributed by atoms with Crippen molar-refractivity contribution in [2.45, 2.75) is 25.7 Å². The first-order valence-corrected chi connectivity index (χ1v) is 10.3. The number of nitrogens with one attached hydrogen (secondary N) is 1. The molecule has 4 rings (SSSR count). The predicted octanol–water partition coefficient (Wildman–Crippen LogP) is 3.48. The van der Waals surface area contributed by atoms with Gasteiger partial charge in [-0.15, -0.1) is 0 Å². The van der Waals surface area contributed by atoms with Gasteiger partial charge >= 0.3 is 0 Å². The van der Waals surface area contributed by atoms with Crippen molar-refractivity contribution >= 4 is 23.4 Å². The Kier molecular flexibility index (Phi) is 5.54. The van der Waals surface area contributed by atoms with E-state index in [1.807, 2.05) is 18.2 Å². The summed E-state index contributed by atoms with van der Waals surface area (Å²) in [6.45, 7) is 1.75. The van der Waals surface area contributed by atoms with Gasteiger partial charge in [-0.2, -0.15) is 0 Å². The summed E-state index contributed by atoms with van der Waals surface area (Å²) in [6.07, 6.45) is 4.95. The molecule has 2 amide bonds. The smallest absolute Gasteiger partial charge is 0.255 e. The summed E-state index contributed by atoms with van der Waals surface area (Å²) in [6, 6.07) is 9.60. The largest absolute Gasteiger partial charge is 0.355 e. The number of halogens is 2. The van der Waals surface area contributed by atoms with Gasteiger partial charge in [0.2, 0.25) is 5.91 Å². The van der Waals surface area contributed by atoms with Crippen molar-refractivity contribution in [2.75, 3.05) is 19.6 Å². The fourth-order valence-corrected chi connectivity index (χ4v) is 4.49. The SMILES string of the molecule is O=C(NCCc1ccccn1)[C@H]1CC12CCN(C(=O)c1ccc(F)cc1Cl)CC2. The van der Waals surface area contributed by atoms with Gasteiger partial charge in [0.05, 0.1) is 10.6 Å². The highest BCUT2D eigenvalue weighted by atomic mass is 35.5. The number of pyridine rings is 1. The third-order valence-corrected chi connectivity index (χ3v) is 6.43. The van der Waals surface area contributed by atoms with E-state index in [-0.39, 0.29) is 28.2 Å². The highest BCUT2D eigenvalue weighted by molar-refractivity contribution is 6.33. The number of nitrogens with zero attached hydrogens (tertiary/aromatic N) is 2. The van der Waals surface area contributed by atoms with E-state index in [0.717, 1.165) is 31.0 Å². The van der Waals surface area contributed by atoms with Crippen LogP contribution in [0, 0.1) is 17.2 Å². The summed E-state index contributed by atoms with van der Waals surface area (Å²) in [4.78, 5) is 31.2. The monoisotopic (exact) mass is 415 g/mol.